The van der Waals surface area contributed by atoms with Crippen LogP contribution in [0.4, 0.5) is 5.69 Å². The molecule has 0 amide bonds. The van der Waals surface area contributed by atoms with Gasteiger partial charge in [-0.1, -0.05) is 12.5 Å². The third-order valence-electron chi connectivity index (χ3n) is 5.15. The van der Waals surface area contributed by atoms with Gasteiger partial charge in [-0.3, -0.25) is 10.1 Å². The number of nitrogens with zero attached hydrogens (tertiary/aromatic N) is 1. The molecule has 23 heavy (non-hydrogen) atoms. The van der Waals surface area contributed by atoms with Gasteiger partial charge in [0.25, 0.3) is 5.69 Å². The predicted molar refractivity (Wildman–Crippen MR) is 82.3 cm³/mol. The Kier molecular flexibility index (Phi) is 3.19. The van der Waals surface area contributed by atoms with Gasteiger partial charge in [0.1, 0.15) is 29.1 Å². The topological polar surface area (TPSA) is 70.8 Å². The highest BCUT2D eigenvalue weighted by Crippen LogP contribution is 2.56. The molecule has 4 rings (SSSR count). The van der Waals surface area contributed by atoms with Gasteiger partial charge in [-0.05, 0) is 45.6 Å². The molecule has 1 aromatic carbocycles. The van der Waals surface area contributed by atoms with Crippen LogP contribution in [0.25, 0.3) is 0 Å². The smallest absolute Gasteiger partial charge is 0.279 e. The minimum Gasteiger partial charge on any atom is -0.484 e. The zero-order valence-corrected chi connectivity index (χ0v) is 13.4. The third kappa shape index (κ3) is 2.23. The average molecular weight is 319 g/mol. The Hall–Kier alpha value is -1.66. The molecular formula is C17H21NO5. The van der Waals surface area contributed by atoms with Gasteiger partial charge in [0.2, 0.25) is 0 Å². The SMILES string of the molecule is CC1(C)O[C@@H]2c3c(cccc3[N+](=O)[O-])OC3(CCCCC3)[C@@H]2O1. The van der Waals surface area contributed by atoms with E-state index in [1.54, 1.807) is 6.07 Å². The lowest BCUT2D eigenvalue weighted by Gasteiger charge is -2.46. The standard InChI is InChI=1S/C17H21NO5/c1-16(2)22-14-13-11(18(19)20)7-6-8-12(13)21-17(15(14)23-16)9-4-3-5-10-17/h6-8,14-15H,3-5,9-10H2,1-2H3/t14-,15-/m1/s1. The van der Waals surface area contributed by atoms with Crippen LogP contribution in [-0.2, 0) is 9.47 Å². The minimum atomic E-state index is -0.769. The van der Waals surface area contributed by atoms with E-state index in [0.29, 0.717) is 11.3 Å². The summed E-state index contributed by atoms with van der Waals surface area (Å²) in [7, 11) is 0. The van der Waals surface area contributed by atoms with Gasteiger partial charge in [-0.25, -0.2) is 0 Å². The van der Waals surface area contributed by atoms with Gasteiger partial charge in [0.15, 0.2) is 5.79 Å². The van der Waals surface area contributed by atoms with Crippen LogP contribution in [0.3, 0.4) is 0 Å². The van der Waals surface area contributed by atoms with Crippen LogP contribution in [0.1, 0.15) is 57.6 Å². The second kappa shape index (κ2) is 4.92. The molecule has 2 aliphatic heterocycles. The summed E-state index contributed by atoms with van der Waals surface area (Å²) in [5.41, 5.74) is 0.132. The normalized spacial score (nSPS) is 30.3. The van der Waals surface area contributed by atoms with Crippen molar-refractivity contribution in [2.45, 2.75) is 69.5 Å². The first-order chi connectivity index (χ1) is 10.9. The zero-order valence-electron chi connectivity index (χ0n) is 13.4. The van der Waals surface area contributed by atoms with Gasteiger partial charge in [-0.15, -0.1) is 0 Å². The number of nitro benzene ring substituents is 1. The second-order valence-corrected chi connectivity index (χ2v) is 7.15. The highest BCUT2D eigenvalue weighted by atomic mass is 16.8. The molecular weight excluding hydrogens is 298 g/mol. The lowest BCUT2D eigenvalue weighted by molar-refractivity contribution is -0.386. The monoisotopic (exact) mass is 319 g/mol. The van der Waals surface area contributed by atoms with Crippen molar-refractivity contribution in [2.24, 2.45) is 0 Å². The van der Waals surface area contributed by atoms with Crippen LogP contribution in [0.5, 0.6) is 5.75 Å². The molecule has 0 N–H and O–H groups in total. The first-order valence-electron chi connectivity index (χ1n) is 8.24. The molecule has 0 bridgehead atoms. The van der Waals surface area contributed by atoms with Crippen molar-refractivity contribution in [2.75, 3.05) is 0 Å². The van der Waals surface area contributed by atoms with Gasteiger partial charge in [0.05, 0.1) is 4.92 Å². The number of hydrogen-bond donors (Lipinski definition) is 0. The van der Waals surface area contributed by atoms with Crippen molar-refractivity contribution >= 4 is 5.69 Å². The molecule has 0 unspecified atom stereocenters. The molecule has 1 saturated carbocycles. The summed E-state index contributed by atoms with van der Waals surface area (Å²) < 4.78 is 18.6. The van der Waals surface area contributed by atoms with Crippen LogP contribution < -0.4 is 4.74 Å². The predicted octanol–water partition coefficient (Wildman–Crippen LogP) is 3.88. The fourth-order valence-electron chi connectivity index (χ4n) is 4.24. The molecule has 0 radical (unpaired) electrons. The molecule has 1 saturated heterocycles. The summed E-state index contributed by atoms with van der Waals surface area (Å²) in [4.78, 5) is 11.1. The number of rotatable bonds is 1. The molecule has 6 heteroatoms. The molecule has 3 aliphatic rings. The maximum atomic E-state index is 11.4. The Balaban J connectivity index is 1.87. The van der Waals surface area contributed by atoms with Gasteiger partial charge in [0, 0.05) is 6.07 Å². The van der Waals surface area contributed by atoms with Crippen LogP contribution in [-0.4, -0.2) is 22.4 Å². The summed E-state index contributed by atoms with van der Waals surface area (Å²) in [5, 5.41) is 11.4. The van der Waals surface area contributed by atoms with Crippen LogP contribution in [0.2, 0.25) is 0 Å². The Morgan fingerprint density at radius 3 is 2.61 bits per heavy atom. The molecule has 2 fully saturated rings. The lowest BCUT2D eigenvalue weighted by Crippen LogP contribution is -2.54. The Morgan fingerprint density at radius 2 is 1.91 bits per heavy atom. The first-order valence-corrected chi connectivity index (χ1v) is 8.24. The summed E-state index contributed by atoms with van der Waals surface area (Å²) in [5.74, 6) is -0.197. The van der Waals surface area contributed by atoms with Crippen LogP contribution >= 0.6 is 0 Å². The Bertz CT molecular complexity index is 650. The zero-order chi connectivity index (χ0) is 16.2. The van der Waals surface area contributed by atoms with Crippen molar-refractivity contribution < 1.29 is 19.1 Å². The number of benzene rings is 1. The van der Waals surface area contributed by atoms with Gasteiger partial charge < -0.3 is 14.2 Å². The van der Waals surface area contributed by atoms with E-state index < -0.39 is 17.5 Å². The largest absolute Gasteiger partial charge is 0.484 e. The molecule has 2 atom stereocenters. The number of hydrogen-bond acceptors (Lipinski definition) is 5. The summed E-state index contributed by atoms with van der Waals surface area (Å²) in [6, 6.07) is 4.99. The second-order valence-electron chi connectivity index (χ2n) is 7.15. The molecule has 2 heterocycles. The fraction of sp³-hybridized carbons (Fsp3) is 0.647. The van der Waals surface area contributed by atoms with Crippen molar-refractivity contribution in [1.29, 1.82) is 0 Å². The molecule has 6 nitrogen and oxygen atoms in total. The maximum absolute atomic E-state index is 11.4. The summed E-state index contributed by atoms with van der Waals surface area (Å²) in [6.45, 7) is 3.71. The summed E-state index contributed by atoms with van der Waals surface area (Å²) >= 11 is 0. The van der Waals surface area contributed by atoms with Crippen molar-refractivity contribution in [3.63, 3.8) is 0 Å². The van der Waals surface area contributed by atoms with Crippen molar-refractivity contribution in [3.05, 3.63) is 33.9 Å². The van der Waals surface area contributed by atoms with Crippen molar-refractivity contribution in [3.8, 4) is 5.75 Å². The number of fused-ring (bicyclic) bond motifs is 4. The first kappa shape index (κ1) is 14.9. The third-order valence-corrected chi connectivity index (χ3v) is 5.15. The van der Waals surface area contributed by atoms with E-state index in [4.69, 9.17) is 14.2 Å². The van der Waals surface area contributed by atoms with E-state index in [1.807, 2.05) is 19.9 Å². The molecule has 0 aromatic heterocycles. The van der Waals surface area contributed by atoms with E-state index in [9.17, 15) is 10.1 Å². The van der Waals surface area contributed by atoms with E-state index in [1.165, 1.54) is 12.5 Å². The highest BCUT2D eigenvalue weighted by Gasteiger charge is 2.59. The average Bonchev–Trinajstić information content (AvgIpc) is 2.84. The quantitative estimate of drug-likeness (QED) is 0.580. The number of ether oxygens (including phenoxy) is 3. The molecule has 1 aliphatic carbocycles. The highest BCUT2D eigenvalue weighted by molar-refractivity contribution is 5.53. The fourth-order valence-corrected chi connectivity index (χ4v) is 4.24. The van der Waals surface area contributed by atoms with Gasteiger partial charge in [-0.2, -0.15) is 0 Å². The van der Waals surface area contributed by atoms with E-state index in [-0.39, 0.29) is 16.7 Å². The molecule has 124 valence electrons. The Morgan fingerprint density at radius 1 is 1.17 bits per heavy atom. The summed E-state index contributed by atoms with van der Waals surface area (Å²) in [6.07, 6.45) is 4.40. The van der Waals surface area contributed by atoms with E-state index >= 15 is 0 Å². The molecule has 1 spiro atoms. The van der Waals surface area contributed by atoms with Gasteiger partial charge >= 0.3 is 0 Å². The molecule has 1 aromatic rings. The van der Waals surface area contributed by atoms with Crippen LogP contribution in [0.15, 0.2) is 18.2 Å². The van der Waals surface area contributed by atoms with Crippen molar-refractivity contribution in [1.82, 2.24) is 0 Å². The van der Waals surface area contributed by atoms with E-state index in [2.05, 4.69) is 0 Å². The Labute approximate surface area is 134 Å². The maximum Gasteiger partial charge on any atom is 0.279 e. The lowest BCUT2D eigenvalue weighted by atomic mass is 9.75. The van der Waals surface area contributed by atoms with E-state index in [0.717, 1.165) is 25.7 Å². The van der Waals surface area contributed by atoms with Crippen LogP contribution in [0, 0.1) is 10.1 Å². The number of nitro groups is 1. The minimum absolute atomic E-state index is 0.0458.